The van der Waals surface area contributed by atoms with Gasteiger partial charge in [-0.25, -0.2) is 0 Å². The summed E-state index contributed by atoms with van der Waals surface area (Å²) in [7, 11) is 0. The number of nitrogens with zero attached hydrogens (tertiary/aromatic N) is 1. The number of carbonyl (C=O) groups is 1. The number of hydrogen-bond donors (Lipinski definition) is 1. The second-order valence-electron chi connectivity index (χ2n) is 4.22. The Morgan fingerprint density at radius 3 is 2.50 bits per heavy atom. The largest absolute Gasteiger partial charge is 0.324 e. The van der Waals surface area contributed by atoms with Crippen LogP contribution in [0.1, 0.15) is 12.5 Å². The number of thioether (sulfide) groups is 1. The minimum absolute atomic E-state index is 0.110. The van der Waals surface area contributed by atoms with E-state index in [-0.39, 0.29) is 11.2 Å². The van der Waals surface area contributed by atoms with Crippen molar-refractivity contribution in [1.29, 1.82) is 5.26 Å². The predicted octanol–water partition coefficient (Wildman–Crippen LogP) is 3.68. The van der Waals surface area contributed by atoms with Gasteiger partial charge in [0.1, 0.15) is 6.07 Å². The minimum Gasteiger partial charge on any atom is -0.324 e. The molecule has 0 aliphatic carbocycles. The molecule has 3 nitrogen and oxygen atoms in total. The summed E-state index contributed by atoms with van der Waals surface area (Å²) in [5.41, 5.74) is 1.03. The number of rotatable bonds is 4. The maximum Gasteiger partial charge on any atom is 0.237 e. The van der Waals surface area contributed by atoms with Crippen LogP contribution in [0, 0.1) is 11.3 Å². The van der Waals surface area contributed by atoms with Crippen LogP contribution in [0.25, 0.3) is 0 Å². The first-order valence-corrected chi connectivity index (χ1v) is 7.10. The van der Waals surface area contributed by atoms with Crippen molar-refractivity contribution in [2.75, 3.05) is 5.32 Å². The molecule has 20 heavy (non-hydrogen) atoms. The normalized spacial score (nSPS) is 11.4. The fourth-order valence-corrected chi connectivity index (χ4v) is 2.57. The Bertz CT molecular complexity index is 634. The highest BCUT2D eigenvalue weighted by molar-refractivity contribution is 8.00. The molecule has 1 atom stereocenters. The molecule has 0 saturated carbocycles. The fraction of sp³-hybridized carbons (Fsp3) is 0.125. The van der Waals surface area contributed by atoms with Gasteiger partial charge in [-0.15, -0.1) is 11.8 Å². The van der Waals surface area contributed by atoms with Crippen LogP contribution >= 0.6 is 11.8 Å². The van der Waals surface area contributed by atoms with E-state index in [1.54, 1.807) is 24.3 Å². The number of carbonyl (C=O) groups excluding carboxylic acids is 1. The van der Waals surface area contributed by atoms with Crippen molar-refractivity contribution in [3.05, 3.63) is 60.2 Å². The molecule has 1 amide bonds. The highest BCUT2D eigenvalue weighted by Gasteiger charge is 2.15. The third-order valence-corrected chi connectivity index (χ3v) is 3.84. The lowest BCUT2D eigenvalue weighted by molar-refractivity contribution is -0.115. The number of benzene rings is 2. The van der Waals surface area contributed by atoms with Gasteiger partial charge in [-0.2, -0.15) is 5.26 Å². The van der Waals surface area contributed by atoms with Crippen LogP contribution in [0.4, 0.5) is 5.69 Å². The van der Waals surface area contributed by atoms with Gasteiger partial charge in [0, 0.05) is 4.90 Å². The van der Waals surface area contributed by atoms with Crippen molar-refractivity contribution < 1.29 is 4.79 Å². The summed E-state index contributed by atoms with van der Waals surface area (Å²) < 4.78 is 0. The second-order valence-corrected chi connectivity index (χ2v) is 5.63. The molecule has 2 aromatic rings. The first-order chi connectivity index (χ1) is 9.70. The van der Waals surface area contributed by atoms with Crippen LogP contribution in [0.5, 0.6) is 0 Å². The van der Waals surface area contributed by atoms with Gasteiger partial charge in [-0.1, -0.05) is 30.3 Å². The van der Waals surface area contributed by atoms with Crippen LogP contribution in [0.3, 0.4) is 0 Å². The molecule has 2 rings (SSSR count). The molecule has 0 fully saturated rings. The molecule has 0 aliphatic rings. The number of nitrogens with one attached hydrogen (secondary N) is 1. The molecule has 0 aliphatic heterocycles. The lowest BCUT2D eigenvalue weighted by atomic mass is 10.2. The minimum atomic E-state index is -0.232. The van der Waals surface area contributed by atoms with E-state index in [9.17, 15) is 4.79 Å². The summed E-state index contributed by atoms with van der Waals surface area (Å²) in [6, 6.07) is 18.8. The number of anilines is 1. The molecule has 2 aromatic carbocycles. The quantitative estimate of drug-likeness (QED) is 0.870. The summed E-state index contributed by atoms with van der Waals surface area (Å²) in [6.45, 7) is 1.85. The zero-order valence-electron chi connectivity index (χ0n) is 11.0. The molecule has 0 unspecified atom stereocenters. The van der Waals surface area contributed by atoms with E-state index < -0.39 is 0 Å². The van der Waals surface area contributed by atoms with E-state index in [1.807, 2.05) is 37.3 Å². The molecule has 0 spiro atoms. The van der Waals surface area contributed by atoms with E-state index in [1.165, 1.54) is 11.8 Å². The predicted molar refractivity (Wildman–Crippen MR) is 81.5 cm³/mol. The average molecular weight is 282 g/mol. The molecule has 0 saturated heterocycles. The summed E-state index contributed by atoms with van der Waals surface area (Å²) in [5, 5.41) is 11.6. The number of nitriles is 1. The van der Waals surface area contributed by atoms with Crippen LogP contribution < -0.4 is 5.32 Å². The maximum absolute atomic E-state index is 12.1. The van der Waals surface area contributed by atoms with Crippen molar-refractivity contribution in [1.82, 2.24) is 0 Å². The smallest absolute Gasteiger partial charge is 0.237 e. The first kappa shape index (κ1) is 14.2. The van der Waals surface area contributed by atoms with Gasteiger partial charge in [-0.05, 0) is 31.2 Å². The number of hydrogen-bond acceptors (Lipinski definition) is 3. The Labute approximate surface area is 122 Å². The average Bonchev–Trinajstić information content (AvgIpc) is 2.48. The first-order valence-electron chi connectivity index (χ1n) is 6.22. The van der Waals surface area contributed by atoms with Gasteiger partial charge in [0.25, 0.3) is 0 Å². The zero-order valence-corrected chi connectivity index (χ0v) is 11.9. The van der Waals surface area contributed by atoms with Gasteiger partial charge in [-0.3, -0.25) is 4.79 Å². The Morgan fingerprint density at radius 1 is 1.15 bits per heavy atom. The van der Waals surface area contributed by atoms with Gasteiger partial charge in [0.15, 0.2) is 0 Å². The van der Waals surface area contributed by atoms with E-state index in [2.05, 4.69) is 11.4 Å². The molecule has 1 N–H and O–H groups in total. The molecular formula is C16H14N2OS. The summed E-state index contributed by atoms with van der Waals surface area (Å²) in [5.74, 6) is -0.110. The molecule has 0 aromatic heterocycles. The zero-order chi connectivity index (χ0) is 14.4. The van der Waals surface area contributed by atoms with Crippen LogP contribution in [0.15, 0.2) is 59.5 Å². The molecule has 0 heterocycles. The van der Waals surface area contributed by atoms with Crippen LogP contribution in [-0.2, 0) is 4.79 Å². The topological polar surface area (TPSA) is 52.9 Å². The van der Waals surface area contributed by atoms with E-state index in [0.717, 1.165) is 4.90 Å². The second kappa shape index (κ2) is 6.78. The summed E-state index contributed by atoms with van der Waals surface area (Å²) in [4.78, 5) is 13.2. The van der Waals surface area contributed by atoms with Crippen molar-refractivity contribution in [3.8, 4) is 6.07 Å². The van der Waals surface area contributed by atoms with Gasteiger partial charge < -0.3 is 5.32 Å². The Morgan fingerprint density at radius 2 is 1.80 bits per heavy atom. The monoisotopic (exact) mass is 282 g/mol. The van der Waals surface area contributed by atoms with E-state index in [0.29, 0.717) is 11.3 Å². The van der Waals surface area contributed by atoms with Crippen LogP contribution in [-0.4, -0.2) is 11.2 Å². The lowest BCUT2D eigenvalue weighted by Gasteiger charge is -2.12. The van der Waals surface area contributed by atoms with Crippen LogP contribution in [0.2, 0.25) is 0 Å². The molecule has 0 bridgehead atoms. The highest BCUT2D eigenvalue weighted by Crippen LogP contribution is 2.24. The van der Waals surface area contributed by atoms with Crippen molar-refractivity contribution >= 4 is 23.4 Å². The van der Waals surface area contributed by atoms with Crippen molar-refractivity contribution in [2.45, 2.75) is 17.1 Å². The lowest BCUT2D eigenvalue weighted by Crippen LogP contribution is -2.22. The van der Waals surface area contributed by atoms with E-state index >= 15 is 0 Å². The third kappa shape index (κ3) is 3.62. The van der Waals surface area contributed by atoms with Crippen molar-refractivity contribution in [3.63, 3.8) is 0 Å². The molecule has 4 heteroatoms. The molecule has 0 radical (unpaired) electrons. The number of para-hydroxylation sites is 1. The SMILES string of the molecule is C[C@@H](Sc1ccccc1)C(=O)Nc1ccccc1C#N. The van der Waals surface area contributed by atoms with Gasteiger partial charge in [0.05, 0.1) is 16.5 Å². The number of amides is 1. The van der Waals surface area contributed by atoms with Gasteiger partial charge >= 0.3 is 0 Å². The molecular weight excluding hydrogens is 268 g/mol. The Hall–Kier alpha value is -2.25. The Balaban J connectivity index is 2.03. The summed E-state index contributed by atoms with van der Waals surface area (Å²) in [6.07, 6.45) is 0. The standard InChI is InChI=1S/C16H14N2OS/c1-12(20-14-8-3-2-4-9-14)16(19)18-15-10-6-5-7-13(15)11-17/h2-10,12H,1H3,(H,18,19)/t12-/m1/s1. The highest BCUT2D eigenvalue weighted by atomic mass is 32.2. The summed E-state index contributed by atoms with van der Waals surface area (Å²) >= 11 is 1.49. The fourth-order valence-electron chi connectivity index (χ4n) is 1.68. The van der Waals surface area contributed by atoms with Crippen molar-refractivity contribution in [2.24, 2.45) is 0 Å². The maximum atomic E-state index is 12.1. The molecule has 100 valence electrons. The Kier molecular flexibility index (Phi) is 4.80. The third-order valence-electron chi connectivity index (χ3n) is 2.73. The van der Waals surface area contributed by atoms with Gasteiger partial charge in [0.2, 0.25) is 5.91 Å². The van der Waals surface area contributed by atoms with E-state index in [4.69, 9.17) is 5.26 Å².